The minimum atomic E-state index is -0.186. The van der Waals surface area contributed by atoms with Gasteiger partial charge in [0.15, 0.2) is 0 Å². The molecule has 1 saturated heterocycles. The summed E-state index contributed by atoms with van der Waals surface area (Å²) < 4.78 is 12.9. The van der Waals surface area contributed by atoms with Crippen LogP contribution in [0.4, 0.5) is 10.1 Å². The van der Waals surface area contributed by atoms with Gasteiger partial charge in [0.2, 0.25) is 0 Å². The van der Waals surface area contributed by atoms with Gasteiger partial charge in [0.25, 0.3) is 0 Å². The quantitative estimate of drug-likeness (QED) is 0.856. The van der Waals surface area contributed by atoms with Crippen LogP contribution in [0.15, 0.2) is 24.3 Å². The molecule has 0 amide bonds. The lowest BCUT2D eigenvalue weighted by molar-refractivity contribution is 0.158. The first kappa shape index (κ1) is 12.3. The first-order valence-electron chi connectivity index (χ1n) is 6.14. The Morgan fingerprint density at radius 1 is 1.24 bits per heavy atom. The molecule has 1 fully saturated rings. The average molecular weight is 237 g/mol. The molecule has 0 unspecified atom stereocenters. The molecule has 0 aromatic heterocycles. The van der Waals surface area contributed by atoms with Crippen LogP contribution in [0.5, 0.6) is 0 Å². The predicted molar refractivity (Wildman–Crippen MR) is 68.8 cm³/mol. The van der Waals surface area contributed by atoms with Gasteiger partial charge >= 0.3 is 0 Å². The first-order valence-corrected chi connectivity index (χ1v) is 6.14. The van der Waals surface area contributed by atoms with Gasteiger partial charge in [-0.05, 0) is 25.2 Å². The van der Waals surface area contributed by atoms with E-state index in [1.807, 2.05) is 6.07 Å². The second kappa shape index (κ2) is 5.98. The maximum atomic E-state index is 12.9. The van der Waals surface area contributed by atoms with Gasteiger partial charge in [-0.1, -0.05) is 6.07 Å². The third-order valence-electron chi connectivity index (χ3n) is 3.18. The maximum Gasteiger partial charge on any atom is 0.125 e. The van der Waals surface area contributed by atoms with Crippen molar-refractivity contribution in [2.45, 2.75) is 0 Å². The second-order valence-electron chi connectivity index (χ2n) is 4.58. The van der Waals surface area contributed by atoms with Gasteiger partial charge in [0, 0.05) is 45.0 Å². The van der Waals surface area contributed by atoms with Crippen molar-refractivity contribution in [1.82, 2.24) is 9.80 Å². The van der Waals surface area contributed by atoms with Crippen molar-refractivity contribution < 1.29 is 4.39 Å². The molecule has 0 spiro atoms. The van der Waals surface area contributed by atoms with Crippen molar-refractivity contribution >= 4 is 5.69 Å². The number of likely N-dealkylation sites (N-methyl/N-ethyl adjacent to an activating group) is 1. The molecule has 1 aliphatic rings. The highest BCUT2D eigenvalue weighted by atomic mass is 19.1. The predicted octanol–water partition coefficient (Wildman–Crippen LogP) is 1.48. The number of hydrogen-bond donors (Lipinski definition) is 1. The molecule has 0 bridgehead atoms. The Labute approximate surface area is 102 Å². The lowest BCUT2D eigenvalue weighted by Gasteiger charge is -2.32. The topological polar surface area (TPSA) is 18.5 Å². The van der Waals surface area contributed by atoms with Crippen LogP contribution < -0.4 is 5.32 Å². The van der Waals surface area contributed by atoms with E-state index in [-0.39, 0.29) is 5.82 Å². The summed E-state index contributed by atoms with van der Waals surface area (Å²) in [6.45, 7) is 6.42. The molecule has 1 heterocycles. The molecule has 0 saturated carbocycles. The molecule has 3 nitrogen and oxygen atoms in total. The SMILES string of the molecule is CN1CCN(CCNc2cccc(F)c2)CC1. The van der Waals surface area contributed by atoms with Gasteiger partial charge in [-0.25, -0.2) is 4.39 Å². The summed E-state index contributed by atoms with van der Waals surface area (Å²) in [5.74, 6) is -0.186. The van der Waals surface area contributed by atoms with E-state index < -0.39 is 0 Å². The smallest absolute Gasteiger partial charge is 0.125 e. The van der Waals surface area contributed by atoms with E-state index in [2.05, 4.69) is 22.2 Å². The zero-order chi connectivity index (χ0) is 12.1. The van der Waals surface area contributed by atoms with Crippen LogP contribution in [0, 0.1) is 5.82 Å². The van der Waals surface area contributed by atoms with Gasteiger partial charge in [0.05, 0.1) is 0 Å². The molecule has 1 aromatic rings. The monoisotopic (exact) mass is 237 g/mol. The van der Waals surface area contributed by atoms with Crippen LogP contribution in [-0.2, 0) is 0 Å². The van der Waals surface area contributed by atoms with E-state index >= 15 is 0 Å². The van der Waals surface area contributed by atoms with Crippen LogP contribution >= 0.6 is 0 Å². The van der Waals surface area contributed by atoms with Crippen molar-refractivity contribution in [2.24, 2.45) is 0 Å². The van der Waals surface area contributed by atoms with Crippen LogP contribution in [-0.4, -0.2) is 56.1 Å². The van der Waals surface area contributed by atoms with Gasteiger partial charge in [-0.3, -0.25) is 4.90 Å². The molecule has 1 aliphatic heterocycles. The van der Waals surface area contributed by atoms with Crippen molar-refractivity contribution in [3.8, 4) is 0 Å². The number of nitrogens with one attached hydrogen (secondary N) is 1. The third kappa shape index (κ3) is 3.98. The highest BCUT2D eigenvalue weighted by Crippen LogP contribution is 2.08. The number of halogens is 1. The lowest BCUT2D eigenvalue weighted by atomic mass is 10.3. The number of hydrogen-bond acceptors (Lipinski definition) is 3. The van der Waals surface area contributed by atoms with E-state index in [9.17, 15) is 4.39 Å². The number of anilines is 1. The highest BCUT2D eigenvalue weighted by molar-refractivity contribution is 5.42. The number of rotatable bonds is 4. The Kier molecular flexibility index (Phi) is 4.34. The van der Waals surface area contributed by atoms with Gasteiger partial charge in [0.1, 0.15) is 5.82 Å². The highest BCUT2D eigenvalue weighted by Gasteiger charge is 2.12. The minimum Gasteiger partial charge on any atom is -0.384 e. The Hall–Kier alpha value is -1.13. The fraction of sp³-hybridized carbons (Fsp3) is 0.538. The maximum absolute atomic E-state index is 12.9. The van der Waals surface area contributed by atoms with E-state index in [1.54, 1.807) is 6.07 Å². The normalized spacial score (nSPS) is 18.2. The molecular formula is C13H20FN3. The Morgan fingerprint density at radius 2 is 2.00 bits per heavy atom. The van der Waals surface area contributed by atoms with Gasteiger partial charge < -0.3 is 10.2 Å². The van der Waals surface area contributed by atoms with Crippen molar-refractivity contribution in [3.63, 3.8) is 0 Å². The van der Waals surface area contributed by atoms with Crippen molar-refractivity contribution in [1.29, 1.82) is 0 Å². The molecule has 0 aliphatic carbocycles. The summed E-state index contributed by atoms with van der Waals surface area (Å²) in [5.41, 5.74) is 0.860. The number of benzene rings is 1. The van der Waals surface area contributed by atoms with E-state index in [0.29, 0.717) is 0 Å². The number of piperazine rings is 1. The van der Waals surface area contributed by atoms with E-state index in [4.69, 9.17) is 0 Å². The molecule has 1 N–H and O–H groups in total. The summed E-state index contributed by atoms with van der Waals surface area (Å²) in [6, 6.07) is 6.62. The minimum absolute atomic E-state index is 0.186. The Morgan fingerprint density at radius 3 is 2.71 bits per heavy atom. The Bertz CT molecular complexity index is 348. The zero-order valence-corrected chi connectivity index (χ0v) is 10.3. The summed E-state index contributed by atoms with van der Waals surface area (Å²) >= 11 is 0. The lowest BCUT2D eigenvalue weighted by Crippen LogP contribution is -2.45. The molecule has 0 atom stereocenters. The summed E-state index contributed by atoms with van der Waals surface area (Å²) in [5, 5.41) is 3.25. The third-order valence-corrected chi connectivity index (χ3v) is 3.18. The average Bonchev–Trinajstić information content (AvgIpc) is 2.32. The molecule has 17 heavy (non-hydrogen) atoms. The molecule has 2 rings (SSSR count). The molecular weight excluding hydrogens is 217 g/mol. The molecule has 94 valence electrons. The molecule has 0 radical (unpaired) electrons. The largest absolute Gasteiger partial charge is 0.384 e. The van der Waals surface area contributed by atoms with Gasteiger partial charge in [-0.15, -0.1) is 0 Å². The van der Waals surface area contributed by atoms with Crippen molar-refractivity contribution in [3.05, 3.63) is 30.1 Å². The van der Waals surface area contributed by atoms with Gasteiger partial charge in [-0.2, -0.15) is 0 Å². The fourth-order valence-electron chi connectivity index (χ4n) is 2.03. The second-order valence-corrected chi connectivity index (χ2v) is 4.58. The van der Waals surface area contributed by atoms with Crippen LogP contribution in [0.1, 0.15) is 0 Å². The standard InChI is InChI=1S/C13H20FN3/c1-16-7-9-17(10-8-16)6-5-15-13-4-2-3-12(14)11-13/h2-4,11,15H,5-10H2,1H3. The number of nitrogens with zero attached hydrogens (tertiary/aromatic N) is 2. The van der Waals surface area contributed by atoms with Crippen LogP contribution in [0.2, 0.25) is 0 Å². The first-order chi connectivity index (χ1) is 8.24. The summed E-state index contributed by atoms with van der Waals surface area (Å²) in [7, 11) is 2.16. The molecule has 1 aromatic carbocycles. The van der Waals surface area contributed by atoms with E-state index in [0.717, 1.165) is 45.0 Å². The zero-order valence-electron chi connectivity index (χ0n) is 10.3. The Balaban J connectivity index is 1.69. The fourth-order valence-corrected chi connectivity index (χ4v) is 2.03. The van der Waals surface area contributed by atoms with E-state index in [1.165, 1.54) is 12.1 Å². The van der Waals surface area contributed by atoms with Crippen LogP contribution in [0.3, 0.4) is 0 Å². The summed E-state index contributed by atoms with van der Waals surface area (Å²) in [6.07, 6.45) is 0. The van der Waals surface area contributed by atoms with Crippen molar-refractivity contribution in [2.75, 3.05) is 51.6 Å². The molecule has 4 heteroatoms. The van der Waals surface area contributed by atoms with Crippen LogP contribution in [0.25, 0.3) is 0 Å². The summed E-state index contributed by atoms with van der Waals surface area (Å²) in [4.78, 5) is 4.78.